The molecule has 0 spiro atoms. The fourth-order valence-electron chi connectivity index (χ4n) is 11.2. The van der Waals surface area contributed by atoms with Crippen molar-refractivity contribution in [3.63, 3.8) is 0 Å². The molecule has 2 aliphatic carbocycles. The first-order chi connectivity index (χ1) is 28.6. The predicted octanol–water partition coefficient (Wildman–Crippen LogP) is 11.6. The van der Waals surface area contributed by atoms with E-state index >= 15 is 0 Å². The molecule has 8 rings (SSSR count). The molecule has 2 fully saturated rings. The van der Waals surface area contributed by atoms with Crippen LogP contribution in [0.3, 0.4) is 0 Å². The molecule has 0 bridgehead atoms. The van der Waals surface area contributed by atoms with Crippen LogP contribution in [-0.2, 0) is 47.0 Å². The molecule has 6 aromatic rings. The number of hydrogen-bond acceptors (Lipinski definition) is 0. The molecule has 0 radical (unpaired) electrons. The van der Waals surface area contributed by atoms with E-state index in [4.69, 9.17) is 0 Å². The van der Waals surface area contributed by atoms with Crippen LogP contribution in [0, 0.1) is 10.8 Å². The molecule has 0 unspecified atom stereocenters. The van der Waals surface area contributed by atoms with Gasteiger partial charge in [0.05, 0.1) is 0 Å². The van der Waals surface area contributed by atoms with Gasteiger partial charge in [0, 0.05) is 0 Å². The van der Waals surface area contributed by atoms with Crippen molar-refractivity contribution in [3.8, 4) is 22.3 Å². The van der Waals surface area contributed by atoms with E-state index in [1.807, 2.05) is 0 Å². The van der Waals surface area contributed by atoms with Crippen LogP contribution in [0.1, 0.15) is 155 Å². The second kappa shape index (κ2) is 22.8. The Morgan fingerprint density at radius 3 is 1.16 bits per heavy atom. The Labute approximate surface area is 405 Å². The molecule has 0 nitrogen and oxygen atoms in total. The van der Waals surface area contributed by atoms with E-state index in [1.54, 1.807) is 34.5 Å². The van der Waals surface area contributed by atoms with Gasteiger partial charge in [-0.05, 0) is 95.3 Å². The third-order valence-electron chi connectivity index (χ3n) is 13.7. The summed E-state index contributed by atoms with van der Waals surface area (Å²) in [7, 11) is 0. The van der Waals surface area contributed by atoms with E-state index in [0.29, 0.717) is 10.8 Å². The third kappa shape index (κ3) is 13.0. The summed E-state index contributed by atoms with van der Waals surface area (Å²) in [5.74, 6) is 0. The number of fused-ring (bicyclic) bond motifs is 2. The summed E-state index contributed by atoms with van der Waals surface area (Å²) in [6, 6.07) is 41.5. The van der Waals surface area contributed by atoms with Crippen LogP contribution in [0.5, 0.6) is 0 Å². The van der Waals surface area contributed by atoms with Gasteiger partial charge < -0.3 is 24.8 Å². The first kappa shape index (κ1) is 52.4. The summed E-state index contributed by atoms with van der Waals surface area (Å²) in [5, 5.41) is 5.67. The van der Waals surface area contributed by atoms with E-state index < -0.39 is 0 Å². The maximum Gasteiger partial charge on any atom is -1.00 e. The third-order valence-corrected chi connectivity index (χ3v) is 13.7. The maximum atomic E-state index is 2.50. The molecule has 0 atom stereocenters. The minimum absolute atomic E-state index is 0. The van der Waals surface area contributed by atoms with Crippen molar-refractivity contribution in [2.24, 2.45) is 10.8 Å². The average molecular weight is 963 g/mol. The molecule has 0 amide bonds. The van der Waals surface area contributed by atoms with Crippen molar-refractivity contribution < 1.29 is 48.1 Å². The Bertz CT molecular complexity index is 2170. The van der Waals surface area contributed by atoms with Crippen LogP contribution in [0.25, 0.3) is 43.8 Å². The SMILES string of the molecule is CCCC1(Cc2cc3c(-c4ccccc4C(C)(C)C)cccc3[cH-]2)CCCC1.CCCC1(Cc2cc3c(-c4ccccc4C(C)(C)C)cccc3[cH-]2)CCCC1.C[Si](C)=[Zr+2].[Cl-].[Cl-]. The number of hydrogen-bond donors (Lipinski definition) is 0. The summed E-state index contributed by atoms with van der Waals surface area (Å²) in [6.45, 7) is 23.2. The molecule has 6 aromatic carbocycles. The van der Waals surface area contributed by atoms with E-state index in [2.05, 4.69) is 178 Å². The largest absolute Gasteiger partial charge is 1.00 e. The van der Waals surface area contributed by atoms with E-state index in [1.165, 1.54) is 145 Å². The van der Waals surface area contributed by atoms with Crippen LogP contribution in [0.4, 0.5) is 0 Å². The Morgan fingerprint density at radius 2 is 0.839 bits per heavy atom. The van der Waals surface area contributed by atoms with Gasteiger partial charge in [-0.1, -0.05) is 166 Å². The molecule has 0 N–H and O–H groups in total. The van der Waals surface area contributed by atoms with Crippen LogP contribution in [-0.4, -0.2) is 5.43 Å². The molecule has 4 heteroatoms. The van der Waals surface area contributed by atoms with Crippen molar-refractivity contribution in [3.05, 3.63) is 131 Å². The monoisotopic (exact) mass is 960 g/mol. The quantitative estimate of drug-likeness (QED) is 0.0948. The number of rotatable bonds is 10. The molecule has 0 aromatic heterocycles. The molecule has 0 heterocycles. The van der Waals surface area contributed by atoms with Crippen molar-refractivity contribution in [2.75, 3.05) is 0 Å². The van der Waals surface area contributed by atoms with Crippen molar-refractivity contribution in [1.82, 2.24) is 0 Å². The fourth-order valence-corrected chi connectivity index (χ4v) is 11.2. The van der Waals surface area contributed by atoms with Gasteiger partial charge in [-0.3, -0.25) is 0 Å². The second-order valence-electron chi connectivity index (χ2n) is 21.2. The van der Waals surface area contributed by atoms with Crippen molar-refractivity contribution in [2.45, 2.75) is 169 Å². The molecular weight excluding hydrogens is 887 g/mol. The molecule has 2 saturated carbocycles. The molecule has 332 valence electrons. The van der Waals surface area contributed by atoms with E-state index in [0.717, 1.165) is 0 Å². The topological polar surface area (TPSA) is 0 Å². The normalized spacial score (nSPS) is 15.5. The molecule has 0 saturated heterocycles. The van der Waals surface area contributed by atoms with Gasteiger partial charge in [0.2, 0.25) is 0 Å². The number of benzene rings is 4. The fraction of sp³-hybridized carbons (Fsp3) is 0.483. The van der Waals surface area contributed by atoms with Gasteiger partial charge in [0.15, 0.2) is 0 Å². The Morgan fingerprint density at radius 1 is 0.516 bits per heavy atom. The van der Waals surface area contributed by atoms with E-state index in [-0.39, 0.29) is 41.1 Å². The Balaban J connectivity index is 0.000000244. The van der Waals surface area contributed by atoms with Crippen LogP contribution < -0.4 is 24.8 Å². The zero-order chi connectivity index (χ0) is 43.1. The summed E-state index contributed by atoms with van der Waals surface area (Å²) in [4.78, 5) is 0. The minimum atomic E-state index is 0. The zero-order valence-electron chi connectivity index (χ0n) is 40.0. The van der Waals surface area contributed by atoms with Crippen LogP contribution in [0.2, 0.25) is 13.1 Å². The van der Waals surface area contributed by atoms with E-state index in [9.17, 15) is 0 Å². The molecule has 0 aliphatic heterocycles. The standard InChI is InChI=1S/2C28H35.C2H6Si.2ClH.Zr/c2*1-5-15-28(16-8-9-17-28)20-21-18-22-11-10-13-23(25(22)19-21)24-12-6-7-14-26(24)27(2,3)4;1-3-2;;;/h2*6-7,10-14,18-19H,5,8-9,15-17,20H2,1-4H3;1-2H3;2*1H;/q2*-1;;;;+2/p-2. The molecule has 62 heavy (non-hydrogen) atoms. The van der Waals surface area contributed by atoms with Crippen molar-refractivity contribution >= 4 is 27.0 Å². The summed E-state index contributed by atoms with van der Waals surface area (Å²) >= 11 is 1.74. The predicted molar refractivity (Wildman–Crippen MR) is 264 cm³/mol. The van der Waals surface area contributed by atoms with Crippen LogP contribution >= 0.6 is 0 Å². The summed E-state index contributed by atoms with van der Waals surface area (Å²) in [5.41, 5.74) is 13.1. The second-order valence-corrected chi connectivity index (χ2v) is 30.6. The van der Waals surface area contributed by atoms with Crippen LogP contribution in [0.15, 0.2) is 109 Å². The van der Waals surface area contributed by atoms with Gasteiger partial charge >= 0.3 is 41.9 Å². The molecule has 2 aliphatic rings. The first-order valence-electron chi connectivity index (χ1n) is 23.7. The van der Waals surface area contributed by atoms with Crippen molar-refractivity contribution in [1.29, 1.82) is 0 Å². The van der Waals surface area contributed by atoms with Gasteiger partial charge in [0.25, 0.3) is 0 Å². The first-order valence-corrected chi connectivity index (χ1v) is 29.8. The van der Waals surface area contributed by atoms with Gasteiger partial charge in [-0.25, -0.2) is 0 Å². The van der Waals surface area contributed by atoms with Gasteiger partial charge in [0.1, 0.15) is 0 Å². The van der Waals surface area contributed by atoms with Gasteiger partial charge in [-0.2, -0.15) is 12.1 Å². The number of halogens is 2. The summed E-state index contributed by atoms with van der Waals surface area (Å²) in [6.07, 6.45) is 19.3. The maximum absolute atomic E-state index is 2.50. The molecular formula is C58H76Cl2SiZr-2. The smallest absolute Gasteiger partial charge is 1.00 e. The minimum Gasteiger partial charge on any atom is -1.00 e. The summed E-state index contributed by atoms with van der Waals surface area (Å²) < 4.78 is 0. The average Bonchev–Trinajstić information content (AvgIpc) is 4.02. The van der Waals surface area contributed by atoms with Gasteiger partial charge in [-0.15, -0.1) is 69.1 Å². The Kier molecular flexibility index (Phi) is 19.3. The zero-order valence-corrected chi connectivity index (χ0v) is 45.0. The Hall–Kier alpha value is -2.22.